The maximum absolute atomic E-state index is 5.77. The van der Waals surface area contributed by atoms with Gasteiger partial charge in [0, 0.05) is 24.5 Å². The van der Waals surface area contributed by atoms with Crippen molar-refractivity contribution in [3.05, 3.63) is 16.8 Å². The number of thiophene rings is 1. The van der Waals surface area contributed by atoms with Gasteiger partial charge in [-0.15, -0.1) is 11.3 Å². The van der Waals surface area contributed by atoms with Crippen LogP contribution in [0.2, 0.25) is 0 Å². The van der Waals surface area contributed by atoms with Crippen LogP contribution in [-0.4, -0.2) is 29.6 Å². The summed E-state index contributed by atoms with van der Waals surface area (Å²) in [5, 5.41) is 1.30. The quantitative estimate of drug-likeness (QED) is 0.920. The lowest BCUT2D eigenvalue weighted by Gasteiger charge is -2.23. The molecule has 3 rings (SSSR count). The van der Waals surface area contributed by atoms with Crippen LogP contribution >= 0.6 is 11.3 Å². The van der Waals surface area contributed by atoms with E-state index in [1.54, 1.807) is 6.33 Å². The van der Waals surface area contributed by atoms with E-state index in [2.05, 4.69) is 21.8 Å². The Bertz CT molecular complexity index is 587. The van der Waals surface area contributed by atoms with Crippen molar-refractivity contribution in [2.45, 2.75) is 39.0 Å². The monoisotopic (exact) mass is 290 g/mol. The van der Waals surface area contributed by atoms with Gasteiger partial charge in [-0.3, -0.25) is 0 Å². The van der Waals surface area contributed by atoms with Crippen molar-refractivity contribution in [2.24, 2.45) is 5.73 Å². The lowest BCUT2D eigenvalue weighted by atomic mass is 9.97. The van der Waals surface area contributed by atoms with E-state index >= 15 is 0 Å². The highest BCUT2D eigenvalue weighted by Gasteiger charge is 2.21. The van der Waals surface area contributed by atoms with E-state index in [0.29, 0.717) is 6.54 Å². The first kappa shape index (κ1) is 13.8. The summed E-state index contributed by atoms with van der Waals surface area (Å²) in [4.78, 5) is 14.1. The van der Waals surface area contributed by atoms with E-state index in [-0.39, 0.29) is 0 Å². The van der Waals surface area contributed by atoms with Crippen LogP contribution in [0.4, 0.5) is 5.82 Å². The number of rotatable bonds is 5. The fourth-order valence-electron chi connectivity index (χ4n) is 3.06. The Kier molecular flexibility index (Phi) is 4.17. The zero-order chi connectivity index (χ0) is 13.9. The molecule has 2 aromatic heterocycles. The summed E-state index contributed by atoms with van der Waals surface area (Å²) in [6, 6.07) is 0. The van der Waals surface area contributed by atoms with Crippen LogP contribution in [0.3, 0.4) is 0 Å². The van der Waals surface area contributed by atoms with E-state index in [1.807, 2.05) is 11.3 Å². The van der Waals surface area contributed by atoms with E-state index < -0.39 is 0 Å². The average molecular weight is 290 g/mol. The number of aromatic nitrogens is 2. The number of hydrogen-bond acceptors (Lipinski definition) is 5. The molecule has 0 saturated carbocycles. The van der Waals surface area contributed by atoms with Gasteiger partial charge in [0.25, 0.3) is 0 Å². The normalized spacial score (nSPS) is 14.5. The lowest BCUT2D eigenvalue weighted by Crippen LogP contribution is -2.31. The van der Waals surface area contributed by atoms with Gasteiger partial charge < -0.3 is 10.6 Å². The van der Waals surface area contributed by atoms with E-state index in [4.69, 9.17) is 5.73 Å². The van der Waals surface area contributed by atoms with Crippen molar-refractivity contribution >= 4 is 27.4 Å². The molecule has 1 aliphatic rings. The molecule has 2 aromatic rings. The molecule has 0 radical (unpaired) electrons. The molecule has 108 valence electrons. The van der Waals surface area contributed by atoms with Crippen molar-refractivity contribution in [1.29, 1.82) is 0 Å². The molecule has 0 saturated heterocycles. The van der Waals surface area contributed by atoms with Crippen LogP contribution in [0, 0.1) is 0 Å². The third kappa shape index (κ3) is 2.40. The maximum atomic E-state index is 5.77. The molecule has 2 N–H and O–H groups in total. The van der Waals surface area contributed by atoms with Crippen LogP contribution in [0.1, 0.15) is 36.6 Å². The fraction of sp³-hybridized carbons (Fsp3) is 0.600. The SMILES string of the molecule is CCCN(CCN)c1ncnc2sc3c(c12)CCCC3. The van der Waals surface area contributed by atoms with E-state index in [0.717, 1.165) is 30.2 Å². The summed E-state index contributed by atoms with van der Waals surface area (Å²) in [6.45, 7) is 4.74. The Balaban J connectivity index is 2.11. The third-order valence-electron chi connectivity index (χ3n) is 3.92. The number of aryl methyl sites for hydroxylation is 2. The number of fused-ring (bicyclic) bond motifs is 3. The zero-order valence-corrected chi connectivity index (χ0v) is 12.9. The molecule has 0 aliphatic heterocycles. The van der Waals surface area contributed by atoms with Gasteiger partial charge in [0.1, 0.15) is 17.0 Å². The zero-order valence-electron chi connectivity index (χ0n) is 12.1. The standard InChI is InChI=1S/C15H22N4S/c1-2-8-19(9-7-16)14-13-11-5-3-4-6-12(11)20-15(13)18-10-17-14/h10H,2-9,16H2,1H3. The fourth-order valence-corrected chi connectivity index (χ4v) is 4.29. The molecule has 0 fully saturated rings. The van der Waals surface area contributed by atoms with Crippen LogP contribution in [0.25, 0.3) is 10.2 Å². The Labute approximate surface area is 124 Å². The minimum Gasteiger partial charge on any atom is -0.355 e. The second kappa shape index (κ2) is 6.06. The molecule has 0 unspecified atom stereocenters. The first-order valence-electron chi connectivity index (χ1n) is 7.55. The number of nitrogens with zero attached hydrogens (tertiary/aromatic N) is 3. The van der Waals surface area contributed by atoms with Gasteiger partial charge in [-0.1, -0.05) is 6.92 Å². The summed E-state index contributed by atoms with van der Waals surface area (Å²) in [6.07, 6.45) is 7.80. The minimum atomic E-state index is 0.665. The minimum absolute atomic E-state index is 0.665. The topological polar surface area (TPSA) is 55.0 Å². The molecule has 4 nitrogen and oxygen atoms in total. The summed E-state index contributed by atoms with van der Waals surface area (Å²) < 4.78 is 0. The van der Waals surface area contributed by atoms with Gasteiger partial charge in [-0.25, -0.2) is 9.97 Å². The summed E-state index contributed by atoms with van der Waals surface area (Å²) in [5.74, 6) is 1.10. The molecule has 0 bridgehead atoms. The predicted molar refractivity (Wildman–Crippen MR) is 85.6 cm³/mol. The Morgan fingerprint density at radius 3 is 2.90 bits per heavy atom. The molecule has 1 aliphatic carbocycles. The van der Waals surface area contributed by atoms with Crippen LogP contribution in [0.15, 0.2) is 6.33 Å². The molecule has 2 heterocycles. The molecular weight excluding hydrogens is 268 g/mol. The molecular formula is C15H22N4S. The highest BCUT2D eigenvalue weighted by atomic mass is 32.1. The molecule has 0 atom stereocenters. The van der Waals surface area contributed by atoms with Gasteiger partial charge in [-0.2, -0.15) is 0 Å². The van der Waals surface area contributed by atoms with Crippen LogP contribution in [0.5, 0.6) is 0 Å². The van der Waals surface area contributed by atoms with Gasteiger partial charge in [0.2, 0.25) is 0 Å². The van der Waals surface area contributed by atoms with Gasteiger partial charge in [0.15, 0.2) is 0 Å². The van der Waals surface area contributed by atoms with Crippen molar-refractivity contribution in [3.8, 4) is 0 Å². The second-order valence-electron chi connectivity index (χ2n) is 5.36. The third-order valence-corrected chi connectivity index (χ3v) is 5.12. The maximum Gasteiger partial charge on any atom is 0.141 e. The highest BCUT2D eigenvalue weighted by molar-refractivity contribution is 7.19. The Morgan fingerprint density at radius 1 is 1.25 bits per heavy atom. The molecule has 0 spiro atoms. The predicted octanol–water partition coefficient (Wildman–Crippen LogP) is 2.75. The average Bonchev–Trinajstić information content (AvgIpc) is 2.85. The Hall–Kier alpha value is -1.20. The lowest BCUT2D eigenvalue weighted by molar-refractivity contribution is 0.699. The van der Waals surface area contributed by atoms with Gasteiger partial charge >= 0.3 is 0 Å². The second-order valence-corrected chi connectivity index (χ2v) is 6.45. The molecule has 0 amide bonds. The molecule has 20 heavy (non-hydrogen) atoms. The number of hydrogen-bond donors (Lipinski definition) is 1. The van der Waals surface area contributed by atoms with Crippen molar-refractivity contribution in [2.75, 3.05) is 24.5 Å². The van der Waals surface area contributed by atoms with Crippen molar-refractivity contribution in [1.82, 2.24) is 9.97 Å². The first-order valence-corrected chi connectivity index (χ1v) is 8.37. The van der Waals surface area contributed by atoms with E-state index in [9.17, 15) is 0 Å². The van der Waals surface area contributed by atoms with Gasteiger partial charge in [0.05, 0.1) is 5.39 Å². The highest BCUT2D eigenvalue weighted by Crippen LogP contribution is 2.39. The van der Waals surface area contributed by atoms with Crippen molar-refractivity contribution < 1.29 is 0 Å². The molecule has 0 aromatic carbocycles. The van der Waals surface area contributed by atoms with E-state index in [1.165, 1.54) is 41.5 Å². The summed E-state index contributed by atoms with van der Waals surface area (Å²) in [7, 11) is 0. The number of anilines is 1. The smallest absolute Gasteiger partial charge is 0.141 e. The van der Waals surface area contributed by atoms with Gasteiger partial charge in [-0.05, 0) is 37.7 Å². The largest absolute Gasteiger partial charge is 0.355 e. The van der Waals surface area contributed by atoms with Crippen molar-refractivity contribution in [3.63, 3.8) is 0 Å². The summed E-state index contributed by atoms with van der Waals surface area (Å²) in [5.41, 5.74) is 7.28. The Morgan fingerprint density at radius 2 is 2.10 bits per heavy atom. The first-order chi connectivity index (χ1) is 9.85. The van der Waals surface area contributed by atoms with Crippen LogP contribution in [-0.2, 0) is 12.8 Å². The summed E-state index contributed by atoms with van der Waals surface area (Å²) >= 11 is 1.86. The molecule has 5 heteroatoms. The van der Waals surface area contributed by atoms with Crippen LogP contribution < -0.4 is 10.6 Å². The number of nitrogens with two attached hydrogens (primary N) is 1.